The SMILES string of the molecule is Cc1[nH]c(C)c([C@@H]2[C@H](c3ccccn3)NC(=S)N2c2ccccc2O)c1I. The van der Waals surface area contributed by atoms with Crippen LogP contribution >= 0.6 is 34.8 Å². The number of aromatic nitrogens is 2. The molecule has 1 fully saturated rings. The number of pyridine rings is 1. The summed E-state index contributed by atoms with van der Waals surface area (Å²) < 4.78 is 1.17. The van der Waals surface area contributed by atoms with Crippen molar-refractivity contribution in [1.82, 2.24) is 15.3 Å². The van der Waals surface area contributed by atoms with Crippen molar-refractivity contribution >= 4 is 45.6 Å². The van der Waals surface area contributed by atoms with Crippen LogP contribution in [0.3, 0.4) is 0 Å². The molecule has 3 aromatic rings. The van der Waals surface area contributed by atoms with Gasteiger partial charge in [-0.3, -0.25) is 4.98 Å². The number of aromatic hydroxyl groups is 1. The molecule has 0 spiro atoms. The first-order valence-corrected chi connectivity index (χ1v) is 10.1. The van der Waals surface area contributed by atoms with E-state index in [0.29, 0.717) is 10.8 Å². The molecule has 2 atom stereocenters. The van der Waals surface area contributed by atoms with Crippen molar-refractivity contribution in [1.29, 1.82) is 0 Å². The molecule has 0 aliphatic carbocycles. The lowest BCUT2D eigenvalue weighted by Crippen LogP contribution is -2.29. The number of para-hydroxylation sites is 2. The smallest absolute Gasteiger partial charge is 0.174 e. The van der Waals surface area contributed by atoms with E-state index in [9.17, 15) is 5.11 Å². The van der Waals surface area contributed by atoms with Gasteiger partial charge in [0.25, 0.3) is 0 Å². The fourth-order valence-corrected chi connectivity index (χ4v) is 4.89. The predicted molar refractivity (Wildman–Crippen MR) is 119 cm³/mol. The van der Waals surface area contributed by atoms with Crippen LogP contribution in [0.25, 0.3) is 0 Å². The van der Waals surface area contributed by atoms with Gasteiger partial charge in [-0.1, -0.05) is 18.2 Å². The Kier molecular flexibility index (Phi) is 4.81. The van der Waals surface area contributed by atoms with Crippen LogP contribution < -0.4 is 10.2 Å². The predicted octanol–water partition coefficient (Wildman–Crippen LogP) is 4.51. The van der Waals surface area contributed by atoms with Gasteiger partial charge in [-0.2, -0.15) is 0 Å². The normalized spacial score (nSPS) is 19.4. The summed E-state index contributed by atoms with van der Waals surface area (Å²) in [6.07, 6.45) is 1.79. The zero-order chi connectivity index (χ0) is 19.1. The maximum Gasteiger partial charge on any atom is 0.174 e. The topological polar surface area (TPSA) is 64.2 Å². The fourth-order valence-electron chi connectivity index (χ4n) is 3.70. The molecule has 0 radical (unpaired) electrons. The third-order valence-corrected chi connectivity index (χ3v) is 6.58. The Morgan fingerprint density at radius 1 is 1.11 bits per heavy atom. The number of halogens is 1. The van der Waals surface area contributed by atoms with Gasteiger partial charge in [0.2, 0.25) is 0 Å². The second-order valence-corrected chi connectivity index (χ2v) is 8.05. The average molecular weight is 490 g/mol. The molecule has 3 N–H and O–H groups in total. The first-order valence-electron chi connectivity index (χ1n) is 8.62. The summed E-state index contributed by atoms with van der Waals surface area (Å²) in [5.41, 5.74) is 4.98. The number of phenolic OH excluding ortho intramolecular Hbond substituents is 1. The molecule has 138 valence electrons. The summed E-state index contributed by atoms with van der Waals surface area (Å²) in [6, 6.07) is 12.9. The summed E-state index contributed by atoms with van der Waals surface area (Å²) in [6.45, 7) is 4.14. The highest BCUT2D eigenvalue weighted by Crippen LogP contribution is 2.46. The Morgan fingerprint density at radius 3 is 2.48 bits per heavy atom. The zero-order valence-corrected chi connectivity index (χ0v) is 17.9. The maximum absolute atomic E-state index is 10.5. The van der Waals surface area contributed by atoms with Crippen LogP contribution in [0.15, 0.2) is 48.7 Å². The number of nitrogens with one attached hydrogen (secondary N) is 2. The van der Waals surface area contributed by atoms with E-state index in [-0.39, 0.29) is 17.8 Å². The number of nitrogens with zero attached hydrogens (tertiary/aromatic N) is 2. The van der Waals surface area contributed by atoms with Crippen molar-refractivity contribution in [3.8, 4) is 5.75 Å². The van der Waals surface area contributed by atoms with E-state index in [0.717, 1.165) is 17.1 Å². The summed E-state index contributed by atoms with van der Waals surface area (Å²) in [7, 11) is 0. The summed E-state index contributed by atoms with van der Waals surface area (Å²) in [5, 5.41) is 14.5. The highest BCUT2D eigenvalue weighted by Gasteiger charge is 2.43. The molecule has 0 amide bonds. The molecule has 4 rings (SSSR count). The van der Waals surface area contributed by atoms with Gasteiger partial charge in [0.1, 0.15) is 5.75 Å². The minimum absolute atomic E-state index is 0.124. The number of aryl methyl sites for hydroxylation is 2. The fraction of sp³-hybridized carbons (Fsp3) is 0.200. The van der Waals surface area contributed by atoms with Crippen LogP contribution in [-0.2, 0) is 0 Å². The van der Waals surface area contributed by atoms with E-state index < -0.39 is 0 Å². The van der Waals surface area contributed by atoms with Crippen LogP contribution in [-0.4, -0.2) is 20.2 Å². The van der Waals surface area contributed by atoms with Gasteiger partial charge in [-0.05, 0) is 72.9 Å². The lowest BCUT2D eigenvalue weighted by atomic mass is 9.96. The molecule has 5 nitrogen and oxygen atoms in total. The third kappa shape index (κ3) is 3.08. The van der Waals surface area contributed by atoms with Gasteiger partial charge >= 0.3 is 0 Å². The Bertz CT molecular complexity index is 1000. The van der Waals surface area contributed by atoms with E-state index in [4.69, 9.17) is 12.2 Å². The lowest BCUT2D eigenvalue weighted by Gasteiger charge is -2.29. The zero-order valence-electron chi connectivity index (χ0n) is 14.9. The first-order chi connectivity index (χ1) is 13.0. The molecule has 0 saturated carbocycles. The van der Waals surface area contributed by atoms with Gasteiger partial charge < -0.3 is 20.3 Å². The summed E-state index contributed by atoms with van der Waals surface area (Å²) in [5.74, 6) is 0.202. The monoisotopic (exact) mass is 490 g/mol. The average Bonchev–Trinajstić information content (AvgIpc) is 3.12. The van der Waals surface area contributed by atoms with E-state index in [2.05, 4.69) is 51.7 Å². The number of H-pyrrole nitrogens is 1. The molecule has 0 bridgehead atoms. The number of thiocarbonyl (C=S) groups is 1. The van der Waals surface area contributed by atoms with E-state index >= 15 is 0 Å². The molecule has 27 heavy (non-hydrogen) atoms. The van der Waals surface area contributed by atoms with Crippen LogP contribution in [0.2, 0.25) is 0 Å². The van der Waals surface area contributed by atoms with Gasteiger partial charge in [-0.15, -0.1) is 0 Å². The summed E-state index contributed by atoms with van der Waals surface area (Å²) >= 11 is 8.07. The first kappa shape index (κ1) is 18.2. The van der Waals surface area contributed by atoms with Crippen molar-refractivity contribution in [2.24, 2.45) is 0 Å². The largest absolute Gasteiger partial charge is 0.506 e. The lowest BCUT2D eigenvalue weighted by molar-refractivity contribution is 0.472. The number of anilines is 1. The molecule has 0 unspecified atom stereocenters. The Balaban J connectivity index is 1.92. The standard InChI is InChI=1S/C20H19IN4OS/c1-11-16(17(21)12(2)23-11)19-18(13-7-5-6-10-22-13)24-20(27)25(19)14-8-3-4-9-15(14)26/h3-10,18-19,23,26H,1-2H3,(H,24,27)/t18-,19+/m0/s1. The van der Waals surface area contributed by atoms with E-state index in [1.54, 1.807) is 12.3 Å². The number of hydrogen-bond donors (Lipinski definition) is 3. The third-order valence-electron chi connectivity index (χ3n) is 4.88. The Morgan fingerprint density at radius 2 is 1.85 bits per heavy atom. The van der Waals surface area contributed by atoms with Crippen LogP contribution in [0.4, 0.5) is 5.69 Å². The molecule has 1 saturated heterocycles. The minimum Gasteiger partial charge on any atom is -0.506 e. The second kappa shape index (κ2) is 7.12. The van der Waals surface area contributed by atoms with Crippen molar-refractivity contribution in [3.05, 3.63) is 74.9 Å². The van der Waals surface area contributed by atoms with Gasteiger partial charge in [0.05, 0.1) is 23.5 Å². The number of aromatic amines is 1. The van der Waals surface area contributed by atoms with Crippen LogP contribution in [0.1, 0.15) is 34.7 Å². The Hall–Kier alpha value is -2.13. The quantitative estimate of drug-likeness (QED) is 0.373. The molecular weight excluding hydrogens is 471 g/mol. The van der Waals surface area contributed by atoms with E-state index in [1.165, 1.54) is 9.13 Å². The summed E-state index contributed by atoms with van der Waals surface area (Å²) in [4.78, 5) is 10.0. The van der Waals surface area contributed by atoms with Crippen LogP contribution in [0, 0.1) is 17.4 Å². The number of benzene rings is 1. The second-order valence-electron chi connectivity index (χ2n) is 6.59. The van der Waals surface area contributed by atoms with Gasteiger partial charge in [-0.25, -0.2) is 0 Å². The maximum atomic E-state index is 10.5. The molecule has 7 heteroatoms. The molecular formula is C20H19IN4OS. The van der Waals surface area contributed by atoms with Crippen LogP contribution in [0.5, 0.6) is 5.75 Å². The number of phenols is 1. The number of rotatable bonds is 3. The van der Waals surface area contributed by atoms with Gasteiger partial charge in [0, 0.05) is 26.7 Å². The van der Waals surface area contributed by atoms with Crippen molar-refractivity contribution in [2.45, 2.75) is 25.9 Å². The van der Waals surface area contributed by atoms with Crippen molar-refractivity contribution < 1.29 is 5.11 Å². The molecule has 3 heterocycles. The molecule has 1 aromatic carbocycles. The van der Waals surface area contributed by atoms with Crippen molar-refractivity contribution in [3.63, 3.8) is 0 Å². The minimum atomic E-state index is -0.127. The highest BCUT2D eigenvalue weighted by molar-refractivity contribution is 14.1. The van der Waals surface area contributed by atoms with E-state index in [1.807, 2.05) is 41.3 Å². The molecule has 1 aliphatic heterocycles. The molecule has 2 aromatic heterocycles. The molecule has 1 aliphatic rings. The highest BCUT2D eigenvalue weighted by atomic mass is 127. The Labute approximate surface area is 177 Å². The van der Waals surface area contributed by atoms with Gasteiger partial charge in [0.15, 0.2) is 5.11 Å². The van der Waals surface area contributed by atoms with Crippen molar-refractivity contribution in [2.75, 3.05) is 4.90 Å². The number of hydrogen-bond acceptors (Lipinski definition) is 3.